The Balaban J connectivity index is 2.10. The second kappa shape index (κ2) is 4.17. The molecule has 1 atom stereocenters. The summed E-state index contributed by atoms with van der Waals surface area (Å²) >= 11 is 7.35. The molecule has 0 radical (unpaired) electrons. The standard InChI is InChI=1S/C10H9ClO2S/c11-8-3-5-14-10(8)9(12)6-7-2-1-4-13-7/h1-5,9,12H,6H2. The van der Waals surface area contributed by atoms with E-state index < -0.39 is 6.10 Å². The van der Waals surface area contributed by atoms with Crippen LogP contribution in [0.3, 0.4) is 0 Å². The summed E-state index contributed by atoms with van der Waals surface area (Å²) in [4.78, 5) is 0.795. The predicted octanol–water partition coefficient (Wildman–Crippen LogP) is 3.27. The van der Waals surface area contributed by atoms with Crippen LogP contribution in [0.25, 0.3) is 0 Å². The Bertz CT molecular complexity index is 394. The molecular weight excluding hydrogens is 220 g/mol. The SMILES string of the molecule is OC(Cc1ccco1)c1sccc1Cl. The minimum atomic E-state index is -0.575. The first-order valence-electron chi connectivity index (χ1n) is 4.20. The van der Waals surface area contributed by atoms with Gasteiger partial charge in [0.15, 0.2) is 0 Å². The van der Waals surface area contributed by atoms with Crippen molar-refractivity contribution in [2.24, 2.45) is 0 Å². The maximum absolute atomic E-state index is 9.83. The Morgan fingerprint density at radius 3 is 2.93 bits per heavy atom. The van der Waals surface area contributed by atoms with Crippen molar-refractivity contribution < 1.29 is 9.52 Å². The molecule has 2 aromatic heterocycles. The van der Waals surface area contributed by atoms with Crippen LogP contribution in [-0.4, -0.2) is 5.11 Å². The van der Waals surface area contributed by atoms with Crippen molar-refractivity contribution in [2.75, 3.05) is 0 Å². The molecule has 14 heavy (non-hydrogen) atoms. The van der Waals surface area contributed by atoms with Crippen molar-refractivity contribution in [3.05, 3.63) is 45.5 Å². The molecule has 0 amide bonds. The fourth-order valence-electron chi connectivity index (χ4n) is 1.26. The maximum Gasteiger partial charge on any atom is 0.106 e. The summed E-state index contributed by atoms with van der Waals surface area (Å²) < 4.78 is 5.14. The van der Waals surface area contributed by atoms with E-state index in [-0.39, 0.29) is 0 Å². The maximum atomic E-state index is 9.83. The average Bonchev–Trinajstić information content (AvgIpc) is 2.75. The highest BCUT2D eigenvalue weighted by Crippen LogP contribution is 2.30. The van der Waals surface area contributed by atoms with E-state index in [4.69, 9.17) is 16.0 Å². The topological polar surface area (TPSA) is 33.4 Å². The van der Waals surface area contributed by atoms with Crippen LogP contribution in [0.1, 0.15) is 16.7 Å². The van der Waals surface area contributed by atoms with E-state index in [1.165, 1.54) is 11.3 Å². The third-order valence-corrected chi connectivity index (χ3v) is 3.38. The normalized spacial score (nSPS) is 13.0. The Kier molecular flexibility index (Phi) is 2.91. The van der Waals surface area contributed by atoms with Crippen LogP contribution in [0.2, 0.25) is 5.02 Å². The van der Waals surface area contributed by atoms with Crippen LogP contribution in [0.5, 0.6) is 0 Å². The van der Waals surface area contributed by atoms with Crippen molar-refractivity contribution in [1.82, 2.24) is 0 Å². The Labute approximate surface area is 90.8 Å². The molecule has 0 aliphatic heterocycles. The minimum Gasteiger partial charge on any atom is -0.469 e. The van der Waals surface area contributed by atoms with Crippen molar-refractivity contribution in [3.8, 4) is 0 Å². The molecule has 0 aromatic carbocycles. The van der Waals surface area contributed by atoms with Gasteiger partial charge in [0.1, 0.15) is 5.76 Å². The van der Waals surface area contributed by atoms with Gasteiger partial charge in [-0.25, -0.2) is 0 Å². The van der Waals surface area contributed by atoms with Crippen molar-refractivity contribution >= 4 is 22.9 Å². The molecule has 0 spiro atoms. The van der Waals surface area contributed by atoms with Crippen LogP contribution < -0.4 is 0 Å². The summed E-state index contributed by atoms with van der Waals surface area (Å²) in [6.07, 6.45) is 1.49. The number of hydrogen-bond donors (Lipinski definition) is 1. The highest BCUT2D eigenvalue weighted by atomic mass is 35.5. The van der Waals surface area contributed by atoms with Gasteiger partial charge in [0.05, 0.1) is 22.3 Å². The van der Waals surface area contributed by atoms with Crippen LogP contribution >= 0.6 is 22.9 Å². The number of hydrogen-bond acceptors (Lipinski definition) is 3. The molecule has 2 aromatic rings. The number of rotatable bonds is 3. The Hall–Kier alpha value is -0.770. The lowest BCUT2D eigenvalue weighted by molar-refractivity contribution is 0.174. The summed E-state index contributed by atoms with van der Waals surface area (Å²) in [5, 5.41) is 12.3. The number of thiophene rings is 1. The highest BCUT2D eigenvalue weighted by molar-refractivity contribution is 7.10. The first-order valence-corrected chi connectivity index (χ1v) is 5.46. The molecule has 1 unspecified atom stereocenters. The lowest BCUT2D eigenvalue weighted by atomic mass is 10.2. The van der Waals surface area contributed by atoms with Gasteiger partial charge in [-0.3, -0.25) is 0 Å². The van der Waals surface area contributed by atoms with Crippen molar-refractivity contribution in [3.63, 3.8) is 0 Å². The largest absolute Gasteiger partial charge is 0.469 e. The molecule has 2 nitrogen and oxygen atoms in total. The van der Waals surface area contributed by atoms with E-state index >= 15 is 0 Å². The van der Waals surface area contributed by atoms with Gasteiger partial charge in [-0.2, -0.15) is 0 Å². The van der Waals surface area contributed by atoms with Gasteiger partial charge in [0.2, 0.25) is 0 Å². The first kappa shape index (κ1) is 9.77. The zero-order valence-electron chi connectivity index (χ0n) is 7.31. The molecule has 74 valence electrons. The molecule has 0 aliphatic rings. The molecule has 2 heterocycles. The van der Waals surface area contributed by atoms with E-state index in [1.54, 1.807) is 18.4 Å². The smallest absolute Gasteiger partial charge is 0.106 e. The van der Waals surface area contributed by atoms with E-state index in [2.05, 4.69) is 0 Å². The van der Waals surface area contributed by atoms with Gasteiger partial charge in [0.25, 0.3) is 0 Å². The second-order valence-electron chi connectivity index (χ2n) is 2.93. The zero-order chi connectivity index (χ0) is 9.97. The van der Waals surface area contributed by atoms with Crippen molar-refractivity contribution in [1.29, 1.82) is 0 Å². The summed E-state index contributed by atoms with van der Waals surface area (Å²) in [6.45, 7) is 0. The van der Waals surface area contributed by atoms with E-state index in [1.807, 2.05) is 11.4 Å². The molecule has 0 bridgehead atoms. The summed E-state index contributed by atoms with van der Waals surface area (Å²) in [5.41, 5.74) is 0. The van der Waals surface area contributed by atoms with Crippen LogP contribution in [0.4, 0.5) is 0 Å². The molecule has 1 N–H and O–H groups in total. The van der Waals surface area contributed by atoms with Crippen molar-refractivity contribution in [2.45, 2.75) is 12.5 Å². The monoisotopic (exact) mass is 228 g/mol. The van der Waals surface area contributed by atoms with Crippen LogP contribution in [0.15, 0.2) is 34.3 Å². The lowest BCUT2D eigenvalue weighted by Crippen LogP contribution is -1.98. The van der Waals surface area contributed by atoms with Gasteiger partial charge in [-0.05, 0) is 23.6 Å². The third kappa shape index (κ3) is 2.00. The number of halogens is 1. The number of aliphatic hydroxyl groups is 1. The fourth-order valence-corrected chi connectivity index (χ4v) is 2.42. The van der Waals surface area contributed by atoms with E-state index in [0.29, 0.717) is 11.4 Å². The minimum absolute atomic E-state index is 0.466. The summed E-state index contributed by atoms with van der Waals surface area (Å²) in [5.74, 6) is 0.766. The van der Waals surface area contributed by atoms with E-state index in [0.717, 1.165) is 10.6 Å². The third-order valence-electron chi connectivity index (χ3n) is 1.92. The zero-order valence-corrected chi connectivity index (χ0v) is 8.89. The highest BCUT2D eigenvalue weighted by Gasteiger charge is 2.14. The van der Waals surface area contributed by atoms with Gasteiger partial charge < -0.3 is 9.52 Å². The van der Waals surface area contributed by atoms with Gasteiger partial charge in [-0.1, -0.05) is 11.6 Å². The molecule has 0 fully saturated rings. The molecule has 0 saturated heterocycles. The Morgan fingerprint density at radius 2 is 2.36 bits per heavy atom. The van der Waals surface area contributed by atoms with Crippen LogP contribution in [0, 0.1) is 0 Å². The summed E-state index contributed by atoms with van der Waals surface area (Å²) in [6, 6.07) is 5.43. The van der Waals surface area contributed by atoms with Gasteiger partial charge >= 0.3 is 0 Å². The molecule has 4 heteroatoms. The Morgan fingerprint density at radius 1 is 1.50 bits per heavy atom. The van der Waals surface area contributed by atoms with E-state index in [9.17, 15) is 5.11 Å². The predicted molar refractivity (Wildman–Crippen MR) is 56.7 cm³/mol. The first-order chi connectivity index (χ1) is 6.77. The summed E-state index contributed by atoms with van der Waals surface area (Å²) in [7, 11) is 0. The molecule has 0 saturated carbocycles. The van der Waals surface area contributed by atoms with Gasteiger partial charge in [0, 0.05) is 6.42 Å². The molecule has 0 aliphatic carbocycles. The molecule has 2 rings (SSSR count). The average molecular weight is 229 g/mol. The quantitative estimate of drug-likeness (QED) is 0.875. The number of furan rings is 1. The van der Waals surface area contributed by atoms with Gasteiger partial charge in [-0.15, -0.1) is 11.3 Å². The lowest BCUT2D eigenvalue weighted by Gasteiger charge is -2.06. The molecular formula is C10H9ClO2S. The van der Waals surface area contributed by atoms with Crippen LogP contribution in [-0.2, 0) is 6.42 Å². The fraction of sp³-hybridized carbons (Fsp3) is 0.200. The number of aliphatic hydroxyl groups excluding tert-OH is 1. The second-order valence-corrected chi connectivity index (χ2v) is 4.29.